The van der Waals surface area contributed by atoms with Gasteiger partial charge in [0.05, 0.1) is 5.69 Å². The Morgan fingerprint density at radius 1 is 0.484 bits per heavy atom. The van der Waals surface area contributed by atoms with Gasteiger partial charge in [-0.2, -0.15) is 0 Å². The van der Waals surface area contributed by atoms with Gasteiger partial charge in [-0.1, -0.05) is 151 Å². The molecule has 1 aliphatic rings. The molecule has 9 nitrogen and oxygen atoms in total. The van der Waals surface area contributed by atoms with E-state index in [1.165, 1.54) is 20.3 Å². The number of para-hydroxylation sites is 1. The first-order valence-electron chi connectivity index (χ1n) is 20.9. The summed E-state index contributed by atoms with van der Waals surface area (Å²) in [4.78, 5) is 53.5. The zero-order valence-electron chi connectivity index (χ0n) is 34.7. The van der Waals surface area contributed by atoms with Crippen molar-refractivity contribution < 1.29 is 24.1 Å². The molecule has 0 N–H and O–H groups in total. The quantitative estimate of drug-likeness (QED) is 0.0691. The summed E-state index contributed by atoms with van der Waals surface area (Å²) in [6.07, 6.45) is 5.23. The molecule has 7 aromatic rings. The fraction of sp³-hybridized carbons (Fsp3) is 0.151. The number of carbonyl (C=O) groups excluding carboxylic acids is 3. The Morgan fingerprint density at radius 2 is 1.00 bits per heavy atom. The molecule has 0 aromatic heterocycles. The summed E-state index contributed by atoms with van der Waals surface area (Å²) >= 11 is 0. The number of hydrogen-bond acceptors (Lipinski definition) is 8. The molecule has 1 aliphatic carbocycles. The van der Waals surface area contributed by atoms with Crippen molar-refractivity contribution in [2.24, 2.45) is 10.3 Å². The number of fused-ring (bicyclic) bond motifs is 1. The molecular weight excluding hydrogens is 773 g/mol. The van der Waals surface area contributed by atoms with E-state index in [0.29, 0.717) is 22.6 Å². The molecule has 1 saturated carbocycles. The average molecular weight is 819 g/mol. The smallest absolute Gasteiger partial charge is 0.318 e. The van der Waals surface area contributed by atoms with Crippen LogP contribution in [0.4, 0.5) is 22.7 Å². The minimum atomic E-state index is -0.535. The molecule has 0 aliphatic heterocycles. The van der Waals surface area contributed by atoms with E-state index in [1.54, 1.807) is 0 Å². The lowest BCUT2D eigenvalue weighted by Crippen LogP contribution is -2.41. The molecule has 0 saturated heterocycles. The fourth-order valence-electron chi connectivity index (χ4n) is 8.10. The number of hydrogen-bond donors (Lipinski definition) is 0. The van der Waals surface area contributed by atoms with Crippen molar-refractivity contribution in [1.29, 1.82) is 0 Å². The summed E-state index contributed by atoms with van der Waals surface area (Å²) in [7, 11) is 0. The minimum absolute atomic E-state index is 0.0621. The maximum atomic E-state index is 14.9. The van der Waals surface area contributed by atoms with Gasteiger partial charge in [0.15, 0.2) is 0 Å². The largest absolute Gasteiger partial charge is 0.332 e. The Bertz CT molecular complexity index is 2750. The maximum absolute atomic E-state index is 14.9. The molecule has 1 amide bonds. The van der Waals surface area contributed by atoms with Crippen LogP contribution in [0.5, 0.6) is 0 Å². The Kier molecular flexibility index (Phi) is 12.7. The second-order valence-corrected chi connectivity index (χ2v) is 15.2. The number of nitrogens with zero attached hydrogens (tertiary/aromatic N) is 4. The molecule has 0 heterocycles. The van der Waals surface area contributed by atoms with Crippen LogP contribution in [-0.2, 0) is 19.3 Å². The molecule has 0 atom stereocenters. The van der Waals surface area contributed by atoms with Gasteiger partial charge >= 0.3 is 11.9 Å². The van der Waals surface area contributed by atoms with Crippen molar-refractivity contribution in [2.75, 3.05) is 9.80 Å². The lowest BCUT2D eigenvalue weighted by molar-refractivity contribution is -0.141. The fourth-order valence-corrected chi connectivity index (χ4v) is 8.10. The van der Waals surface area contributed by atoms with Gasteiger partial charge in [-0.15, -0.1) is 0 Å². The Labute approximate surface area is 361 Å². The Morgan fingerprint density at radius 3 is 1.61 bits per heavy atom. The molecule has 0 unspecified atom stereocenters. The van der Waals surface area contributed by atoms with E-state index in [1.807, 2.05) is 175 Å². The van der Waals surface area contributed by atoms with Gasteiger partial charge < -0.3 is 19.5 Å². The lowest BCUT2D eigenvalue weighted by Gasteiger charge is -2.35. The summed E-state index contributed by atoms with van der Waals surface area (Å²) in [6, 6.07) is 57.0. The van der Waals surface area contributed by atoms with Gasteiger partial charge in [0.25, 0.3) is 5.91 Å². The van der Waals surface area contributed by atoms with E-state index in [2.05, 4.69) is 21.3 Å². The van der Waals surface area contributed by atoms with Gasteiger partial charge in [-0.05, 0) is 72.8 Å². The number of rotatable bonds is 12. The van der Waals surface area contributed by atoms with E-state index < -0.39 is 11.9 Å². The van der Waals surface area contributed by atoms with Crippen LogP contribution >= 0.6 is 0 Å². The molecule has 0 spiro atoms. The molecule has 8 rings (SSSR count). The number of carbonyl (C=O) groups is 3. The standard InChI is InChI=1S/C53H46N4O5/c1-37(58)61-54-51(39-18-7-3-8-19-39)41-30-32-47(33-31-41)56(48-28-17-23-43(35-48)53(60)57(45-24-11-5-12-25-45)46-26-13-6-14-27-46)50-36-44(34-42-22-15-16-29-49(42)50)52(55-62-38(2)59)40-20-9-4-10-21-40/h3-5,7-12,15-25,28-36,46H,6,13-14,26-27H2,1-2H3/b54-51-,55-52-. The monoisotopic (exact) mass is 818 g/mol. The maximum Gasteiger partial charge on any atom is 0.332 e. The highest BCUT2D eigenvalue weighted by Gasteiger charge is 2.29. The van der Waals surface area contributed by atoms with Gasteiger partial charge in [0.1, 0.15) is 11.4 Å². The first kappa shape index (κ1) is 41.1. The molecule has 9 heteroatoms. The van der Waals surface area contributed by atoms with Gasteiger partial charge in [-0.25, -0.2) is 9.59 Å². The van der Waals surface area contributed by atoms with Gasteiger partial charge in [0, 0.05) is 70.2 Å². The van der Waals surface area contributed by atoms with Crippen molar-refractivity contribution in [3.8, 4) is 0 Å². The molecule has 308 valence electrons. The topological polar surface area (TPSA) is 101 Å². The van der Waals surface area contributed by atoms with Crippen LogP contribution in [0.25, 0.3) is 10.8 Å². The first-order valence-corrected chi connectivity index (χ1v) is 20.9. The third kappa shape index (κ3) is 9.37. The summed E-state index contributed by atoms with van der Waals surface area (Å²) in [5.74, 6) is -1.12. The second kappa shape index (κ2) is 19.2. The van der Waals surface area contributed by atoms with E-state index >= 15 is 0 Å². The van der Waals surface area contributed by atoms with Crippen molar-refractivity contribution in [3.05, 3.63) is 204 Å². The predicted molar refractivity (Wildman–Crippen MR) is 246 cm³/mol. The van der Waals surface area contributed by atoms with Crippen LogP contribution in [0.1, 0.15) is 78.6 Å². The van der Waals surface area contributed by atoms with Crippen molar-refractivity contribution in [1.82, 2.24) is 0 Å². The van der Waals surface area contributed by atoms with Crippen molar-refractivity contribution >= 4 is 62.8 Å². The molecular formula is C53H46N4O5. The third-order valence-corrected chi connectivity index (χ3v) is 10.9. The molecule has 0 bridgehead atoms. The highest BCUT2D eigenvalue weighted by Crippen LogP contribution is 2.41. The number of anilines is 4. The summed E-state index contributed by atoms with van der Waals surface area (Å²) in [5, 5.41) is 10.5. The van der Waals surface area contributed by atoms with Crippen LogP contribution in [0.3, 0.4) is 0 Å². The Balaban J connectivity index is 1.31. The first-order chi connectivity index (χ1) is 30.3. The zero-order chi connectivity index (χ0) is 42.8. The summed E-state index contributed by atoms with van der Waals surface area (Å²) in [5.41, 5.74) is 7.74. The van der Waals surface area contributed by atoms with Gasteiger partial charge in [-0.3, -0.25) is 4.79 Å². The zero-order valence-corrected chi connectivity index (χ0v) is 34.7. The SMILES string of the molecule is CC(=O)O/N=C(/c1ccccc1)c1ccc(N(c2cccc(C(=O)N(c3ccccc3)C3CCCCC3)c2)c2cc(/C(=N\OC(C)=O)c3ccccc3)cc3ccccc23)cc1. The molecule has 62 heavy (non-hydrogen) atoms. The third-order valence-electron chi connectivity index (χ3n) is 10.9. The number of oxime groups is 2. The van der Waals surface area contributed by atoms with Crippen LogP contribution in [-0.4, -0.2) is 35.3 Å². The molecule has 0 radical (unpaired) electrons. The predicted octanol–water partition coefficient (Wildman–Crippen LogP) is 11.9. The van der Waals surface area contributed by atoms with Crippen LogP contribution in [0.2, 0.25) is 0 Å². The highest BCUT2D eigenvalue weighted by atomic mass is 16.7. The van der Waals surface area contributed by atoms with Crippen LogP contribution < -0.4 is 9.80 Å². The lowest BCUT2D eigenvalue weighted by atomic mass is 9.93. The Hall–Kier alpha value is -7.65. The minimum Gasteiger partial charge on any atom is -0.318 e. The van der Waals surface area contributed by atoms with E-state index in [0.717, 1.165) is 75.9 Å². The van der Waals surface area contributed by atoms with Crippen molar-refractivity contribution in [2.45, 2.75) is 52.0 Å². The van der Waals surface area contributed by atoms with E-state index in [4.69, 9.17) is 9.68 Å². The summed E-state index contributed by atoms with van der Waals surface area (Å²) < 4.78 is 0. The molecule has 1 fully saturated rings. The summed E-state index contributed by atoms with van der Waals surface area (Å²) in [6.45, 7) is 2.64. The van der Waals surface area contributed by atoms with Crippen LogP contribution in [0.15, 0.2) is 186 Å². The number of benzene rings is 7. The van der Waals surface area contributed by atoms with E-state index in [-0.39, 0.29) is 11.9 Å². The van der Waals surface area contributed by atoms with E-state index in [9.17, 15) is 14.4 Å². The van der Waals surface area contributed by atoms with Crippen molar-refractivity contribution in [3.63, 3.8) is 0 Å². The highest BCUT2D eigenvalue weighted by molar-refractivity contribution is 6.17. The normalized spacial score (nSPS) is 13.3. The van der Waals surface area contributed by atoms with Crippen LogP contribution in [0, 0.1) is 0 Å². The average Bonchev–Trinajstić information content (AvgIpc) is 3.31. The molecule has 7 aromatic carbocycles. The second-order valence-electron chi connectivity index (χ2n) is 15.2. The number of amides is 1. The van der Waals surface area contributed by atoms with Gasteiger partial charge in [0.2, 0.25) is 0 Å².